The number of rotatable bonds is 61. The summed E-state index contributed by atoms with van der Waals surface area (Å²) in [6, 6.07) is 0. The predicted molar refractivity (Wildman–Crippen MR) is 353 cm³/mol. The van der Waals surface area contributed by atoms with Gasteiger partial charge in [-0.25, -0.2) is 0 Å². The van der Waals surface area contributed by atoms with E-state index < -0.39 is 6.10 Å². The Morgan fingerprint density at radius 1 is 0.259 bits per heavy atom. The van der Waals surface area contributed by atoms with Gasteiger partial charge in [-0.1, -0.05) is 284 Å². The van der Waals surface area contributed by atoms with E-state index in [9.17, 15) is 14.4 Å². The fraction of sp³-hybridized carbons (Fsp3) is 0.693. The van der Waals surface area contributed by atoms with E-state index in [1.807, 2.05) is 0 Å². The number of allylic oxidation sites excluding steroid dienone is 20. The minimum Gasteiger partial charge on any atom is -0.462 e. The Morgan fingerprint density at radius 3 is 0.778 bits per heavy atom. The zero-order valence-electron chi connectivity index (χ0n) is 53.0. The molecule has 1 atom stereocenters. The summed E-state index contributed by atoms with van der Waals surface area (Å²) >= 11 is 0. The highest BCUT2D eigenvalue weighted by molar-refractivity contribution is 5.71. The van der Waals surface area contributed by atoms with Crippen molar-refractivity contribution in [2.75, 3.05) is 13.2 Å². The molecule has 0 amide bonds. The normalized spacial score (nSPS) is 12.9. The van der Waals surface area contributed by atoms with Crippen LogP contribution in [-0.2, 0) is 28.6 Å². The molecule has 462 valence electrons. The lowest BCUT2D eigenvalue weighted by molar-refractivity contribution is -0.167. The van der Waals surface area contributed by atoms with Gasteiger partial charge < -0.3 is 14.2 Å². The molecule has 0 aliphatic carbocycles. The number of esters is 3. The molecule has 0 aromatic heterocycles. The number of ether oxygens (including phenoxy) is 3. The third kappa shape index (κ3) is 66.5. The van der Waals surface area contributed by atoms with E-state index in [0.29, 0.717) is 19.3 Å². The highest BCUT2D eigenvalue weighted by atomic mass is 16.6. The second-order valence-electron chi connectivity index (χ2n) is 22.3. The van der Waals surface area contributed by atoms with E-state index >= 15 is 0 Å². The topological polar surface area (TPSA) is 78.9 Å². The minimum atomic E-state index is -0.802. The van der Waals surface area contributed by atoms with Crippen LogP contribution >= 0.6 is 0 Å². The van der Waals surface area contributed by atoms with Gasteiger partial charge in [-0.15, -0.1) is 0 Å². The molecule has 0 aromatic rings. The Hall–Kier alpha value is -4.19. The molecule has 0 rings (SSSR count). The smallest absolute Gasteiger partial charge is 0.306 e. The van der Waals surface area contributed by atoms with Crippen molar-refractivity contribution in [2.45, 2.75) is 322 Å². The number of carbonyl (C=O) groups is 3. The van der Waals surface area contributed by atoms with Gasteiger partial charge in [0.05, 0.1) is 0 Å². The Bertz CT molecular complexity index is 1670. The SMILES string of the molecule is CC/C=C\C/C=C\C/C=C\C/C=C\CCCCCCC(=O)OCC(COC(=O)CCCCCCCCCCCCCC/C=C\C/C=C\C/C=C\CCCCCCC)OC(=O)CCCCCCCC/C=C\C/C=C\C/C=C\CCCCC. The molecule has 0 saturated heterocycles. The van der Waals surface area contributed by atoms with E-state index in [2.05, 4.69) is 142 Å². The first-order valence-electron chi connectivity index (χ1n) is 34.0. The van der Waals surface area contributed by atoms with Crippen LogP contribution in [-0.4, -0.2) is 37.2 Å². The van der Waals surface area contributed by atoms with Crippen LogP contribution in [0.1, 0.15) is 316 Å². The van der Waals surface area contributed by atoms with Crippen molar-refractivity contribution in [3.05, 3.63) is 122 Å². The molecule has 0 spiro atoms. The van der Waals surface area contributed by atoms with Crippen LogP contribution < -0.4 is 0 Å². The standard InChI is InChI=1S/C75H126O6/c1-4-7-10-13-16-19-22-25-28-31-33-34-35-36-37-38-39-40-42-44-47-50-53-56-59-62-65-68-74(77)80-71-72(70-79-73(76)67-64-61-58-55-52-49-46-43-30-27-24-21-18-15-12-9-6-3)81-75(78)69-66-63-60-57-54-51-48-45-41-32-29-26-23-20-17-14-11-8-5-2/h9,12,17-18,20-22,25-27,29-31,33,35-36,41,45-46,49,72H,4-8,10-11,13-16,19,23-24,28,32,34,37-40,42-44,47-48,50-71H2,1-3H3/b12-9-,20-17-,21-18-,25-22-,29-26-,30-27-,33-31-,36-35-,45-41-,49-46-. The van der Waals surface area contributed by atoms with E-state index in [4.69, 9.17) is 14.2 Å². The molecule has 0 fully saturated rings. The molecule has 1 unspecified atom stereocenters. The summed E-state index contributed by atoms with van der Waals surface area (Å²) in [5.41, 5.74) is 0. The quantitative estimate of drug-likeness (QED) is 0.0261. The molecule has 6 nitrogen and oxygen atoms in total. The first-order valence-corrected chi connectivity index (χ1v) is 34.0. The fourth-order valence-electron chi connectivity index (χ4n) is 9.33. The highest BCUT2D eigenvalue weighted by Crippen LogP contribution is 2.16. The minimum absolute atomic E-state index is 0.0941. The van der Waals surface area contributed by atoms with E-state index in [1.165, 1.54) is 141 Å². The summed E-state index contributed by atoms with van der Waals surface area (Å²) in [6.07, 6.45) is 94.9. The molecule has 0 bridgehead atoms. The lowest BCUT2D eigenvalue weighted by Gasteiger charge is -2.18. The van der Waals surface area contributed by atoms with Crippen LogP contribution in [0.2, 0.25) is 0 Å². The molecular weight excluding hydrogens is 997 g/mol. The van der Waals surface area contributed by atoms with Crippen molar-refractivity contribution >= 4 is 17.9 Å². The first kappa shape index (κ1) is 76.8. The van der Waals surface area contributed by atoms with Gasteiger partial charge in [0.2, 0.25) is 0 Å². The Morgan fingerprint density at radius 2 is 0.481 bits per heavy atom. The number of unbranched alkanes of at least 4 members (excludes halogenated alkanes) is 30. The van der Waals surface area contributed by atoms with Crippen molar-refractivity contribution in [3.8, 4) is 0 Å². The lowest BCUT2D eigenvalue weighted by atomic mass is 10.0. The molecule has 6 heteroatoms. The Labute approximate surface area is 501 Å². The maximum Gasteiger partial charge on any atom is 0.306 e. The van der Waals surface area contributed by atoms with Crippen LogP contribution in [0.25, 0.3) is 0 Å². The van der Waals surface area contributed by atoms with Crippen molar-refractivity contribution in [3.63, 3.8) is 0 Å². The number of hydrogen-bond acceptors (Lipinski definition) is 6. The van der Waals surface area contributed by atoms with Crippen molar-refractivity contribution in [2.24, 2.45) is 0 Å². The molecule has 0 aliphatic rings. The third-order valence-electron chi connectivity index (χ3n) is 14.4. The molecule has 0 saturated carbocycles. The van der Waals surface area contributed by atoms with Gasteiger partial charge in [0, 0.05) is 19.3 Å². The van der Waals surface area contributed by atoms with Crippen LogP contribution in [0.15, 0.2) is 122 Å². The van der Waals surface area contributed by atoms with Crippen molar-refractivity contribution in [1.82, 2.24) is 0 Å². The summed E-state index contributed by atoms with van der Waals surface area (Å²) in [7, 11) is 0. The molecule has 0 aliphatic heterocycles. The lowest BCUT2D eigenvalue weighted by Crippen LogP contribution is -2.30. The van der Waals surface area contributed by atoms with E-state index in [0.717, 1.165) is 135 Å². The van der Waals surface area contributed by atoms with Crippen molar-refractivity contribution < 1.29 is 28.6 Å². The van der Waals surface area contributed by atoms with Gasteiger partial charge in [-0.2, -0.15) is 0 Å². The predicted octanol–water partition coefficient (Wildman–Crippen LogP) is 23.6. The van der Waals surface area contributed by atoms with Crippen LogP contribution in [0, 0.1) is 0 Å². The van der Waals surface area contributed by atoms with Gasteiger partial charge in [-0.3, -0.25) is 14.4 Å². The zero-order valence-corrected chi connectivity index (χ0v) is 53.0. The zero-order chi connectivity index (χ0) is 58.5. The fourth-order valence-corrected chi connectivity index (χ4v) is 9.33. The monoisotopic (exact) mass is 1120 g/mol. The largest absolute Gasteiger partial charge is 0.462 e. The van der Waals surface area contributed by atoms with Gasteiger partial charge in [0.1, 0.15) is 13.2 Å². The first-order chi connectivity index (χ1) is 40.0. The average Bonchev–Trinajstić information content (AvgIpc) is 3.47. The van der Waals surface area contributed by atoms with Crippen LogP contribution in [0.5, 0.6) is 0 Å². The molecule has 0 aromatic carbocycles. The van der Waals surface area contributed by atoms with Crippen LogP contribution in [0.3, 0.4) is 0 Å². The van der Waals surface area contributed by atoms with E-state index in [-0.39, 0.29) is 31.1 Å². The van der Waals surface area contributed by atoms with E-state index in [1.54, 1.807) is 0 Å². The summed E-state index contributed by atoms with van der Waals surface area (Å²) in [5.74, 6) is -0.926. The maximum absolute atomic E-state index is 12.9. The van der Waals surface area contributed by atoms with Crippen LogP contribution in [0.4, 0.5) is 0 Å². The average molecular weight is 1120 g/mol. The summed E-state index contributed by atoms with van der Waals surface area (Å²) in [5, 5.41) is 0. The van der Waals surface area contributed by atoms with Gasteiger partial charge in [-0.05, 0) is 135 Å². The maximum atomic E-state index is 12.9. The third-order valence-corrected chi connectivity index (χ3v) is 14.4. The highest BCUT2D eigenvalue weighted by Gasteiger charge is 2.19. The second kappa shape index (κ2) is 68.3. The second-order valence-corrected chi connectivity index (χ2v) is 22.3. The molecule has 0 heterocycles. The summed E-state index contributed by atoms with van der Waals surface area (Å²) < 4.78 is 16.9. The Balaban J connectivity index is 4.39. The van der Waals surface area contributed by atoms with Crippen molar-refractivity contribution in [1.29, 1.82) is 0 Å². The van der Waals surface area contributed by atoms with Gasteiger partial charge >= 0.3 is 17.9 Å². The molecule has 81 heavy (non-hydrogen) atoms. The number of carbonyl (C=O) groups excluding carboxylic acids is 3. The molecule has 0 radical (unpaired) electrons. The summed E-state index contributed by atoms with van der Waals surface area (Å²) in [4.78, 5) is 38.4. The molecule has 0 N–H and O–H groups in total. The van der Waals surface area contributed by atoms with Gasteiger partial charge in [0.15, 0.2) is 6.10 Å². The molecular formula is C75H126O6. The number of hydrogen-bond donors (Lipinski definition) is 0. The summed E-state index contributed by atoms with van der Waals surface area (Å²) in [6.45, 7) is 6.48. The van der Waals surface area contributed by atoms with Gasteiger partial charge in [0.25, 0.3) is 0 Å². The Kier molecular flexibility index (Phi) is 64.8.